The first-order chi connectivity index (χ1) is 7.59. The van der Waals surface area contributed by atoms with Crippen LogP contribution in [0.25, 0.3) is 0 Å². The largest absolute Gasteiger partial charge is 0.480 e. The van der Waals surface area contributed by atoms with Crippen LogP contribution in [0.4, 0.5) is 0 Å². The van der Waals surface area contributed by atoms with Gasteiger partial charge in [0.25, 0.3) is 0 Å². The van der Waals surface area contributed by atoms with Gasteiger partial charge in [0, 0.05) is 18.9 Å². The Kier molecular flexibility index (Phi) is 3.14. The number of aliphatic carboxylic acids is 1. The highest BCUT2D eigenvalue weighted by Gasteiger charge is 2.41. The van der Waals surface area contributed by atoms with E-state index in [1.54, 1.807) is 0 Å². The lowest BCUT2D eigenvalue weighted by atomic mass is 10.1. The summed E-state index contributed by atoms with van der Waals surface area (Å²) in [6.45, 7) is 0.173. The van der Waals surface area contributed by atoms with Crippen LogP contribution in [0.5, 0.6) is 0 Å². The van der Waals surface area contributed by atoms with Crippen molar-refractivity contribution >= 4 is 11.9 Å². The summed E-state index contributed by atoms with van der Waals surface area (Å²) in [7, 11) is 0. The predicted molar refractivity (Wildman–Crippen MR) is 55.7 cm³/mol. The van der Waals surface area contributed by atoms with Crippen molar-refractivity contribution in [3.05, 3.63) is 0 Å². The van der Waals surface area contributed by atoms with Crippen molar-refractivity contribution < 1.29 is 19.8 Å². The lowest BCUT2D eigenvalue weighted by Gasteiger charge is -2.24. The molecule has 5 heteroatoms. The summed E-state index contributed by atoms with van der Waals surface area (Å²) < 4.78 is 0. The average molecular weight is 227 g/mol. The third kappa shape index (κ3) is 2.04. The minimum absolute atomic E-state index is 0.0212. The zero-order valence-corrected chi connectivity index (χ0v) is 9.13. The maximum Gasteiger partial charge on any atom is 0.326 e. The van der Waals surface area contributed by atoms with Crippen molar-refractivity contribution in [3.63, 3.8) is 0 Å². The van der Waals surface area contributed by atoms with Crippen LogP contribution < -0.4 is 0 Å². The number of likely N-dealkylation sites (tertiary alicyclic amines) is 1. The van der Waals surface area contributed by atoms with Crippen molar-refractivity contribution in [3.8, 4) is 0 Å². The van der Waals surface area contributed by atoms with Crippen LogP contribution in [0.2, 0.25) is 0 Å². The highest BCUT2D eigenvalue weighted by Crippen LogP contribution is 2.29. The maximum absolute atomic E-state index is 12.1. The number of carbonyl (C=O) groups excluding carboxylic acids is 1. The molecule has 0 aromatic carbocycles. The van der Waals surface area contributed by atoms with Gasteiger partial charge in [0.05, 0.1) is 6.10 Å². The number of β-amino-alcohol motifs (C(OH)–C–C–N with tert-alkyl or cyclic N) is 1. The van der Waals surface area contributed by atoms with Gasteiger partial charge in [-0.05, 0) is 12.8 Å². The van der Waals surface area contributed by atoms with Gasteiger partial charge in [-0.15, -0.1) is 0 Å². The van der Waals surface area contributed by atoms with Gasteiger partial charge in [-0.25, -0.2) is 4.79 Å². The number of rotatable bonds is 2. The Morgan fingerprint density at radius 2 is 1.81 bits per heavy atom. The Balaban J connectivity index is 2.06. The number of hydrogen-bond acceptors (Lipinski definition) is 3. The molecule has 2 N–H and O–H groups in total. The summed E-state index contributed by atoms with van der Waals surface area (Å²) in [6, 6.07) is -0.830. The second-order valence-corrected chi connectivity index (χ2v) is 4.72. The van der Waals surface area contributed by atoms with Gasteiger partial charge < -0.3 is 15.1 Å². The molecule has 16 heavy (non-hydrogen) atoms. The van der Waals surface area contributed by atoms with Crippen LogP contribution in [0.3, 0.4) is 0 Å². The molecule has 90 valence electrons. The van der Waals surface area contributed by atoms with E-state index >= 15 is 0 Å². The van der Waals surface area contributed by atoms with Crippen molar-refractivity contribution in [1.29, 1.82) is 0 Å². The van der Waals surface area contributed by atoms with Crippen LogP contribution in [-0.2, 0) is 9.59 Å². The number of aliphatic hydroxyl groups is 1. The topological polar surface area (TPSA) is 77.8 Å². The normalized spacial score (nSPS) is 30.9. The van der Waals surface area contributed by atoms with E-state index in [-0.39, 0.29) is 24.8 Å². The standard InChI is InChI=1S/C11H17NO4/c13-8-5-9(11(15)16)12(6-8)10(14)7-3-1-2-4-7/h7-9,13H,1-6H2,(H,15,16)/t8-,9-/m0/s1. The van der Waals surface area contributed by atoms with Gasteiger partial charge in [-0.1, -0.05) is 12.8 Å². The number of carbonyl (C=O) groups is 2. The molecule has 1 aliphatic carbocycles. The first-order valence-electron chi connectivity index (χ1n) is 5.81. The number of nitrogens with zero attached hydrogens (tertiary/aromatic N) is 1. The molecule has 2 aliphatic rings. The monoisotopic (exact) mass is 227 g/mol. The molecule has 2 fully saturated rings. The summed E-state index contributed by atoms with van der Waals surface area (Å²) in [5.41, 5.74) is 0. The van der Waals surface area contributed by atoms with Gasteiger partial charge in [0.1, 0.15) is 6.04 Å². The van der Waals surface area contributed by atoms with E-state index in [1.165, 1.54) is 4.90 Å². The molecule has 0 bridgehead atoms. The van der Waals surface area contributed by atoms with Gasteiger partial charge in [0.15, 0.2) is 0 Å². The van der Waals surface area contributed by atoms with Crippen molar-refractivity contribution in [2.24, 2.45) is 5.92 Å². The van der Waals surface area contributed by atoms with Crippen molar-refractivity contribution in [2.45, 2.75) is 44.2 Å². The smallest absolute Gasteiger partial charge is 0.326 e. The zero-order chi connectivity index (χ0) is 11.7. The Hall–Kier alpha value is -1.10. The fourth-order valence-corrected chi connectivity index (χ4v) is 2.70. The molecular formula is C11H17NO4. The molecule has 1 amide bonds. The van der Waals surface area contributed by atoms with E-state index in [4.69, 9.17) is 5.11 Å². The minimum atomic E-state index is -1.01. The van der Waals surface area contributed by atoms with E-state index in [2.05, 4.69) is 0 Å². The average Bonchev–Trinajstić information content (AvgIpc) is 2.84. The summed E-state index contributed by atoms with van der Waals surface area (Å²) in [4.78, 5) is 24.4. The van der Waals surface area contributed by atoms with Crippen LogP contribution in [0.1, 0.15) is 32.1 Å². The van der Waals surface area contributed by atoms with Gasteiger partial charge in [0.2, 0.25) is 5.91 Å². The Morgan fingerprint density at radius 1 is 1.19 bits per heavy atom. The summed E-state index contributed by atoms with van der Waals surface area (Å²) in [5.74, 6) is -1.11. The van der Waals surface area contributed by atoms with Crippen LogP contribution in [0, 0.1) is 5.92 Å². The van der Waals surface area contributed by atoms with E-state index in [0.29, 0.717) is 0 Å². The second kappa shape index (κ2) is 4.41. The van der Waals surface area contributed by atoms with E-state index < -0.39 is 18.1 Å². The Morgan fingerprint density at radius 3 is 2.38 bits per heavy atom. The lowest BCUT2D eigenvalue weighted by Crippen LogP contribution is -2.43. The van der Waals surface area contributed by atoms with E-state index in [1.807, 2.05) is 0 Å². The van der Waals surface area contributed by atoms with Gasteiger partial charge in [-0.2, -0.15) is 0 Å². The minimum Gasteiger partial charge on any atom is -0.480 e. The van der Waals surface area contributed by atoms with Crippen LogP contribution >= 0.6 is 0 Å². The molecule has 1 saturated heterocycles. The quantitative estimate of drug-likeness (QED) is 0.707. The third-order valence-corrected chi connectivity index (χ3v) is 3.55. The Labute approximate surface area is 94.0 Å². The highest BCUT2D eigenvalue weighted by atomic mass is 16.4. The number of carboxylic acid groups (broad SMARTS) is 1. The SMILES string of the molecule is O=C(O)[C@@H]1C[C@H](O)CN1C(=O)C1CCCC1. The Bertz CT molecular complexity index is 298. The third-order valence-electron chi connectivity index (χ3n) is 3.55. The molecule has 0 radical (unpaired) electrons. The predicted octanol–water partition coefficient (Wildman–Crippen LogP) is 0.223. The molecule has 0 aromatic heterocycles. The first kappa shape index (κ1) is 11.4. The van der Waals surface area contributed by atoms with Gasteiger partial charge in [-0.3, -0.25) is 4.79 Å². The number of aliphatic hydroxyl groups excluding tert-OH is 1. The molecular weight excluding hydrogens is 210 g/mol. The zero-order valence-electron chi connectivity index (χ0n) is 9.13. The molecule has 1 heterocycles. The summed E-state index contributed by atoms with van der Waals surface area (Å²) in [6.07, 6.45) is 3.28. The lowest BCUT2D eigenvalue weighted by molar-refractivity contribution is -0.149. The molecule has 0 unspecified atom stereocenters. The molecule has 1 saturated carbocycles. The van der Waals surface area contributed by atoms with E-state index in [0.717, 1.165) is 25.7 Å². The van der Waals surface area contributed by atoms with Gasteiger partial charge >= 0.3 is 5.97 Å². The second-order valence-electron chi connectivity index (χ2n) is 4.72. The fraction of sp³-hybridized carbons (Fsp3) is 0.818. The number of hydrogen-bond donors (Lipinski definition) is 2. The van der Waals surface area contributed by atoms with Crippen molar-refractivity contribution in [1.82, 2.24) is 4.90 Å². The summed E-state index contributed by atoms with van der Waals surface area (Å²) in [5, 5.41) is 18.4. The molecule has 5 nitrogen and oxygen atoms in total. The highest BCUT2D eigenvalue weighted by molar-refractivity contribution is 5.86. The maximum atomic E-state index is 12.1. The molecule has 2 rings (SSSR count). The van der Waals surface area contributed by atoms with Crippen LogP contribution in [-0.4, -0.2) is 45.7 Å². The number of amides is 1. The van der Waals surface area contributed by atoms with Crippen LogP contribution in [0.15, 0.2) is 0 Å². The molecule has 0 spiro atoms. The van der Waals surface area contributed by atoms with Crippen molar-refractivity contribution in [2.75, 3.05) is 6.54 Å². The number of carboxylic acids is 1. The van der Waals surface area contributed by atoms with E-state index in [9.17, 15) is 14.7 Å². The molecule has 0 aromatic rings. The first-order valence-corrected chi connectivity index (χ1v) is 5.81. The molecule has 2 atom stereocenters. The summed E-state index contributed by atoms with van der Waals surface area (Å²) >= 11 is 0. The fourth-order valence-electron chi connectivity index (χ4n) is 2.70. The molecule has 1 aliphatic heterocycles.